The molecule has 1 atom stereocenters. The maximum absolute atomic E-state index is 11.3. The number of amides is 1. The van der Waals surface area contributed by atoms with E-state index in [2.05, 4.69) is 9.73 Å². The van der Waals surface area contributed by atoms with Crippen molar-refractivity contribution in [3.8, 4) is 0 Å². The first-order valence-corrected chi connectivity index (χ1v) is 5.53. The Morgan fingerprint density at radius 3 is 2.69 bits per heavy atom. The number of carbonyl (C=O) groups excluding carboxylic acids is 2. The molecule has 0 aromatic carbocycles. The van der Waals surface area contributed by atoms with Gasteiger partial charge in [0.15, 0.2) is 4.75 Å². The number of ether oxygens (including phenoxy) is 1. The van der Waals surface area contributed by atoms with Crippen molar-refractivity contribution in [2.45, 2.75) is 11.7 Å². The first-order valence-electron chi connectivity index (χ1n) is 3.49. The lowest BCUT2D eigenvalue weighted by Gasteiger charge is -2.15. The Bertz CT molecular complexity index is 289. The van der Waals surface area contributed by atoms with Crippen molar-refractivity contribution in [3.05, 3.63) is 0 Å². The lowest BCUT2D eigenvalue weighted by Crippen LogP contribution is -2.37. The summed E-state index contributed by atoms with van der Waals surface area (Å²) in [7, 11) is 1.26. The largest absolute Gasteiger partial charge is 0.468 e. The number of aliphatic imine (C=N–C) groups is 1. The lowest BCUT2D eigenvalue weighted by molar-refractivity contribution is -0.146. The molecule has 0 fully saturated rings. The van der Waals surface area contributed by atoms with E-state index in [9.17, 15) is 9.59 Å². The molecule has 1 aliphatic rings. The molecule has 0 bridgehead atoms. The minimum absolute atomic E-state index is 0.436. The van der Waals surface area contributed by atoms with E-state index in [0.717, 1.165) is 11.8 Å². The fourth-order valence-electron chi connectivity index (χ4n) is 0.842. The van der Waals surface area contributed by atoms with Crippen molar-refractivity contribution >= 4 is 39.8 Å². The van der Waals surface area contributed by atoms with Crippen LogP contribution in [0.2, 0.25) is 0 Å². The van der Waals surface area contributed by atoms with Gasteiger partial charge in [0.1, 0.15) is 4.38 Å². The van der Waals surface area contributed by atoms with E-state index >= 15 is 0 Å². The van der Waals surface area contributed by atoms with E-state index in [-0.39, 0.29) is 0 Å². The average molecular weight is 219 g/mol. The number of rotatable bonds is 1. The van der Waals surface area contributed by atoms with Crippen LogP contribution in [-0.4, -0.2) is 34.4 Å². The third kappa shape index (κ3) is 1.73. The van der Waals surface area contributed by atoms with Gasteiger partial charge in [0, 0.05) is 0 Å². The van der Waals surface area contributed by atoms with Crippen LogP contribution in [0.4, 0.5) is 0 Å². The minimum Gasteiger partial charge on any atom is -0.468 e. The third-order valence-corrected chi connectivity index (χ3v) is 3.85. The summed E-state index contributed by atoms with van der Waals surface area (Å²) >= 11 is 2.49. The smallest absolute Gasteiger partial charge is 0.331 e. The minimum atomic E-state index is -1.17. The summed E-state index contributed by atoms with van der Waals surface area (Å²) < 4.78 is 3.97. The SMILES string of the molecule is COC(=O)C1(C)SC(SC)=NC1=O. The molecule has 0 spiro atoms. The van der Waals surface area contributed by atoms with E-state index in [0.29, 0.717) is 4.38 Å². The van der Waals surface area contributed by atoms with Gasteiger partial charge in [-0.3, -0.25) is 4.79 Å². The number of hydrogen-bond donors (Lipinski definition) is 0. The highest BCUT2D eigenvalue weighted by molar-refractivity contribution is 8.40. The zero-order valence-corrected chi connectivity index (χ0v) is 9.12. The zero-order valence-electron chi connectivity index (χ0n) is 7.49. The molecule has 1 amide bonds. The number of methoxy groups -OCH3 is 1. The summed E-state index contributed by atoms with van der Waals surface area (Å²) in [5.41, 5.74) is 0. The van der Waals surface area contributed by atoms with Crippen LogP contribution in [0.15, 0.2) is 4.99 Å². The monoisotopic (exact) mass is 219 g/mol. The number of carbonyl (C=O) groups is 2. The van der Waals surface area contributed by atoms with Crippen molar-refractivity contribution in [3.63, 3.8) is 0 Å². The first kappa shape index (κ1) is 10.6. The van der Waals surface area contributed by atoms with Gasteiger partial charge in [0.05, 0.1) is 7.11 Å². The van der Waals surface area contributed by atoms with Gasteiger partial charge in [-0.25, -0.2) is 4.79 Å². The van der Waals surface area contributed by atoms with Gasteiger partial charge in [-0.2, -0.15) is 4.99 Å². The molecule has 0 saturated heterocycles. The summed E-state index contributed by atoms with van der Waals surface area (Å²) in [6.45, 7) is 1.53. The average Bonchev–Trinajstić information content (AvgIpc) is 2.42. The van der Waals surface area contributed by atoms with Crippen LogP contribution >= 0.6 is 23.5 Å². The second-order valence-electron chi connectivity index (χ2n) is 2.51. The van der Waals surface area contributed by atoms with E-state index in [1.165, 1.54) is 25.8 Å². The predicted molar refractivity (Wildman–Crippen MR) is 54.0 cm³/mol. The molecule has 0 radical (unpaired) electrons. The van der Waals surface area contributed by atoms with Gasteiger partial charge in [-0.1, -0.05) is 11.8 Å². The van der Waals surface area contributed by atoms with Gasteiger partial charge < -0.3 is 4.74 Å². The Kier molecular flexibility index (Phi) is 3.02. The van der Waals surface area contributed by atoms with E-state index in [1.807, 2.05) is 6.26 Å². The van der Waals surface area contributed by atoms with Crippen LogP contribution in [0.25, 0.3) is 0 Å². The second kappa shape index (κ2) is 3.71. The Morgan fingerprint density at radius 2 is 2.31 bits per heavy atom. The van der Waals surface area contributed by atoms with Crippen LogP contribution in [0, 0.1) is 0 Å². The molecule has 0 aromatic heterocycles. The van der Waals surface area contributed by atoms with Gasteiger partial charge in [-0.05, 0) is 13.2 Å². The highest BCUT2D eigenvalue weighted by atomic mass is 32.2. The highest BCUT2D eigenvalue weighted by Gasteiger charge is 2.48. The fourth-order valence-corrected chi connectivity index (χ4v) is 2.63. The zero-order chi connectivity index (χ0) is 10.1. The molecule has 1 aliphatic heterocycles. The third-order valence-electron chi connectivity index (χ3n) is 1.64. The van der Waals surface area contributed by atoms with E-state index in [4.69, 9.17) is 0 Å². The molecule has 13 heavy (non-hydrogen) atoms. The number of nitrogens with zero attached hydrogens (tertiary/aromatic N) is 1. The van der Waals surface area contributed by atoms with Crippen molar-refractivity contribution in [1.29, 1.82) is 0 Å². The molecule has 0 saturated carbocycles. The van der Waals surface area contributed by atoms with E-state index in [1.54, 1.807) is 0 Å². The summed E-state index contributed by atoms with van der Waals surface area (Å²) in [6.07, 6.45) is 1.81. The summed E-state index contributed by atoms with van der Waals surface area (Å²) in [4.78, 5) is 26.3. The van der Waals surface area contributed by atoms with Crippen molar-refractivity contribution in [1.82, 2.24) is 0 Å². The molecule has 72 valence electrons. The van der Waals surface area contributed by atoms with Crippen molar-refractivity contribution in [2.75, 3.05) is 13.4 Å². The molecular formula is C7H9NO3S2. The fraction of sp³-hybridized carbons (Fsp3) is 0.571. The molecular weight excluding hydrogens is 210 g/mol. The van der Waals surface area contributed by atoms with Gasteiger partial charge in [-0.15, -0.1) is 11.8 Å². The van der Waals surface area contributed by atoms with Crippen molar-refractivity contribution in [2.24, 2.45) is 4.99 Å². The lowest BCUT2D eigenvalue weighted by atomic mass is 10.1. The normalized spacial score (nSPS) is 27.3. The Hall–Kier alpha value is -0.490. The molecule has 6 heteroatoms. The molecule has 1 heterocycles. The Balaban J connectivity index is 2.87. The Labute approximate surface area is 84.5 Å². The molecule has 1 unspecified atom stereocenters. The standard InChI is InChI=1S/C7H9NO3S2/c1-7(5(10)11-2)4(9)8-6(12-3)13-7/h1-3H3. The van der Waals surface area contributed by atoms with Crippen LogP contribution in [0.5, 0.6) is 0 Å². The summed E-state index contributed by atoms with van der Waals surface area (Å²) in [5, 5.41) is 0. The first-order chi connectivity index (χ1) is 6.04. The van der Waals surface area contributed by atoms with Gasteiger partial charge >= 0.3 is 5.97 Å². The van der Waals surface area contributed by atoms with Crippen LogP contribution in [0.3, 0.4) is 0 Å². The molecule has 0 aromatic rings. The van der Waals surface area contributed by atoms with Crippen LogP contribution < -0.4 is 0 Å². The Morgan fingerprint density at radius 1 is 1.69 bits per heavy atom. The predicted octanol–water partition coefficient (Wildman–Crippen LogP) is 0.910. The maximum Gasteiger partial charge on any atom is 0.331 e. The second-order valence-corrected chi connectivity index (χ2v) is 4.97. The van der Waals surface area contributed by atoms with Crippen LogP contribution in [0.1, 0.15) is 6.92 Å². The number of thioether (sulfide) groups is 2. The molecule has 1 rings (SSSR count). The topological polar surface area (TPSA) is 55.7 Å². The van der Waals surface area contributed by atoms with Gasteiger partial charge in [0.25, 0.3) is 5.91 Å². The van der Waals surface area contributed by atoms with Crippen molar-refractivity contribution < 1.29 is 14.3 Å². The van der Waals surface area contributed by atoms with Gasteiger partial charge in [0.2, 0.25) is 0 Å². The maximum atomic E-state index is 11.3. The molecule has 4 nitrogen and oxygen atoms in total. The summed E-state index contributed by atoms with van der Waals surface area (Å²) in [5.74, 6) is -0.982. The highest BCUT2D eigenvalue weighted by Crippen LogP contribution is 2.38. The molecule has 0 N–H and O–H groups in total. The molecule has 0 aliphatic carbocycles. The van der Waals surface area contributed by atoms with Crippen LogP contribution in [-0.2, 0) is 14.3 Å². The quantitative estimate of drug-likeness (QED) is 0.484. The number of hydrogen-bond acceptors (Lipinski definition) is 5. The summed E-state index contributed by atoms with van der Waals surface area (Å²) in [6, 6.07) is 0. The number of esters is 1. The van der Waals surface area contributed by atoms with E-state index < -0.39 is 16.6 Å².